The van der Waals surface area contributed by atoms with Gasteiger partial charge in [-0.15, -0.1) is 0 Å². The van der Waals surface area contributed by atoms with E-state index < -0.39 is 0 Å². The SMILES string of the molecule is Brc1nc2cccnn2c1Br. The minimum Gasteiger partial charge on any atom is -0.219 e. The third kappa shape index (κ3) is 1.08. The Bertz CT molecular complexity index is 396. The van der Waals surface area contributed by atoms with Crippen molar-refractivity contribution in [2.24, 2.45) is 0 Å². The lowest BCUT2D eigenvalue weighted by molar-refractivity contribution is 0.914. The number of hydrogen-bond donors (Lipinski definition) is 0. The van der Waals surface area contributed by atoms with Gasteiger partial charge >= 0.3 is 0 Å². The molecule has 2 aromatic heterocycles. The van der Waals surface area contributed by atoms with Crippen LogP contribution in [0.4, 0.5) is 0 Å². The van der Waals surface area contributed by atoms with E-state index in [0.717, 1.165) is 14.9 Å². The van der Waals surface area contributed by atoms with Crippen molar-refractivity contribution in [3.05, 3.63) is 27.5 Å². The summed E-state index contributed by atoms with van der Waals surface area (Å²) in [5, 5.41) is 4.08. The highest BCUT2D eigenvalue weighted by molar-refractivity contribution is 9.13. The average molecular weight is 277 g/mol. The minimum absolute atomic E-state index is 0.774. The molecule has 0 spiro atoms. The highest BCUT2D eigenvalue weighted by Crippen LogP contribution is 2.21. The molecule has 2 rings (SSSR count). The molecule has 0 amide bonds. The number of rotatable bonds is 0. The average Bonchev–Trinajstić information content (AvgIpc) is 2.30. The number of imidazole rings is 1. The van der Waals surface area contributed by atoms with Crippen LogP contribution in [0.3, 0.4) is 0 Å². The zero-order valence-electron chi connectivity index (χ0n) is 5.33. The maximum atomic E-state index is 4.18. The van der Waals surface area contributed by atoms with Gasteiger partial charge in [-0.1, -0.05) is 0 Å². The molecule has 0 atom stereocenters. The molecule has 0 aromatic carbocycles. The molecule has 56 valence electrons. The quantitative estimate of drug-likeness (QED) is 0.739. The Morgan fingerprint density at radius 1 is 1.36 bits per heavy atom. The number of halogens is 2. The molecule has 0 fully saturated rings. The highest BCUT2D eigenvalue weighted by atomic mass is 79.9. The van der Waals surface area contributed by atoms with Gasteiger partial charge in [0.05, 0.1) is 0 Å². The summed E-state index contributed by atoms with van der Waals surface area (Å²) in [6.07, 6.45) is 1.71. The van der Waals surface area contributed by atoms with E-state index in [1.165, 1.54) is 0 Å². The molecule has 5 heteroatoms. The Kier molecular flexibility index (Phi) is 1.69. The van der Waals surface area contributed by atoms with Gasteiger partial charge in [0, 0.05) is 6.20 Å². The van der Waals surface area contributed by atoms with Gasteiger partial charge in [0.1, 0.15) is 9.21 Å². The van der Waals surface area contributed by atoms with Crippen LogP contribution in [0.25, 0.3) is 5.65 Å². The summed E-state index contributed by atoms with van der Waals surface area (Å²) < 4.78 is 3.33. The van der Waals surface area contributed by atoms with Gasteiger partial charge in [0.2, 0.25) is 0 Å². The van der Waals surface area contributed by atoms with Gasteiger partial charge in [0.15, 0.2) is 5.65 Å². The van der Waals surface area contributed by atoms with E-state index in [9.17, 15) is 0 Å². The van der Waals surface area contributed by atoms with E-state index in [2.05, 4.69) is 41.9 Å². The standard InChI is InChI=1S/C6H3Br2N3/c7-5-6(8)11-4(10-5)2-1-3-9-11/h1-3H. The summed E-state index contributed by atoms with van der Waals surface area (Å²) in [7, 11) is 0. The van der Waals surface area contributed by atoms with Crippen molar-refractivity contribution in [2.45, 2.75) is 0 Å². The Morgan fingerprint density at radius 3 is 2.91 bits per heavy atom. The lowest BCUT2D eigenvalue weighted by atomic mass is 10.6. The number of aromatic nitrogens is 3. The molecule has 11 heavy (non-hydrogen) atoms. The fourth-order valence-corrected chi connectivity index (χ4v) is 1.55. The van der Waals surface area contributed by atoms with Crippen LogP contribution in [0, 0.1) is 0 Å². The first-order chi connectivity index (χ1) is 5.29. The fourth-order valence-electron chi connectivity index (χ4n) is 0.834. The molecule has 0 aliphatic carbocycles. The van der Waals surface area contributed by atoms with Gasteiger partial charge < -0.3 is 0 Å². The van der Waals surface area contributed by atoms with E-state index in [-0.39, 0.29) is 0 Å². The number of fused-ring (bicyclic) bond motifs is 1. The third-order valence-electron chi connectivity index (χ3n) is 1.30. The van der Waals surface area contributed by atoms with E-state index in [0.29, 0.717) is 0 Å². The van der Waals surface area contributed by atoms with Crippen molar-refractivity contribution in [2.75, 3.05) is 0 Å². The van der Waals surface area contributed by atoms with Gasteiger partial charge in [-0.2, -0.15) is 5.10 Å². The summed E-state index contributed by atoms with van der Waals surface area (Å²) in [5.74, 6) is 0. The summed E-state index contributed by atoms with van der Waals surface area (Å²) in [4.78, 5) is 4.18. The van der Waals surface area contributed by atoms with Crippen LogP contribution in [0.2, 0.25) is 0 Å². The zero-order chi connectivity index (χ0) is 7.84. The van der Waals surface area contributed by atoms with Crippen LogP contribution in [0.15, 0.2) is 27.5 Å². The molecule has 0 unspecified atom stereocenters. The molecule has 0 radical (unpaired) electrons. The Balaban J connectivity index is 2.92. The molecule has 3 nitrogen and oxygen atoms in total. The monoisotopic (exact) mass is 275 g/mol. The van der Waals surface area contributed by atoms with Crippen LogP contribution < -0.4 is 0 Å². The Hall–Kier alpha value is -0.420. The first kappa shape index (κ1) is 7.24. The summed E-state index contributed by atoms with van der Waals surface area (Å²) in [6, 6.07) is 3.74. The van der Waals surface area contributed by atoms with E-state index >= 15 is 0 Å². The molecular formula is C6H3Br2N3. The van der Waals surface area contributed by atoms with Crippen molar-refractivity contribution < 1.29 is 0 Å². The first-order valence-electron chi connectivity index (χ1n) is 2.94. The van der Waals surface area contributed by atoms with E-state index in [1.807, 2.05) is 12.1 Å². The van der Waals surface area contributed by atoms with Crippen LogP contribution >= 0.6 is 31.9 Å². The van der Waals surface area contributed by atoms with Crippen LogP contribution in [-0.2, 0) is 0 Å². The van der Waals surface area contributed by atoms with Crippen molar-refractivity contribution in [3.8, 4) is 0 Å². The van der Waals surface area contributed by atoms with Crippen molar-refractivity contribution in [1.29, 1.82) is 0 Å². The molecule has 2 heterocycles. The van der Waals surface area contributed by atoms with Crippen LogP contribution in [0.5, 0.6) is 0 Å². The third-order valence-corrected chi connectivity index (χ3v) is 3.10. The zero-order valence-corrected chi connectivity index (χ0v) is 8.50. The van der Waals surface area contributed by atoms with Gasteiger partial charge in [-0.25, -0.2) is 9.50 Å². The lowest BCUT2D eigenvalue weighted by Gasteiger charge is -1.89. The maximum absolute atomic E-state index is 4.18. The van der Waals surface area contributed by atoms with Gasteiger partial charge in [-0.05, 0) is 44.0 Å². The normalized spacial score (nSPS) is 10.7. The highest BCUT2D eigenvalue weighted by Gasteiger charge is 2.05. The largest absolute Gasteiger partial charge is 0.219 e. The summed E-state index contributed by atoms with van der Waals surface area (Å²) in [6.45, 7) is 0. The van der Waals surface area contributed by atoms with E-state index in [1.54, 1.807) is 10.7 Å². The summed E-state index contributed by atoms with van der Waals surface area (Å²) >= 11 is 6.63. The lowest BCUT2D eigenvalue weighted by Crippen LogP contribution is -1.88. The Morgan fingerprint density at radius 2 is 2.18 bits per heavy atom. The second-order valence-corrected chi connectivity index (χ2v) is 3.49. The molecule has 0 aliphatic rings. The molecule has 0 bridgehead atoms. The van der Waals surface area contributed by atoms with Crippen LogP contribution in [0.1, 0.15) is 0 Å². The first-order valence-corrected chi connectivity index (χ1v) is 4.52. The number of hydrogen-bond acceptors (Lipinski definition) is 2. The predicted octanol–water partition coefficient (Wildman–Crippen LogP) is 2.25. The predicted molar refractivity (Wildman–Crippen MR) is 48.4 cm³/mol. The van der Waals surface area contributed by atoms with Crippen LogP contribution in [-0.4, -0.2) is 14.6 Å². The second kappa shape index (κ2) is 2.57. The molecule has 2 aromatic rings. The maximum Gasteiger partial charge on any atom is 0.156 e. The van der Waals surface area contributed by atoms with Gasteiger partial charge in [-0.3, -0.25) is 0 Å². The van der Waals surface area contributed by atoms with E-state index in [4.69, 9.17) is 0 Å². The molecule has 0 saturated heterocycles. The molecule has 0 N–H and O–H groups in total. The fraction of sp³-hybridized carbons (Fsp3) is 0. The molecular weight excluding hydrogens is 274 g/mol. The minimum atomic E-state index is 0.774. The summed E-state index contributed by atoms with van der Waals surface area (Å²) in [5.41, 5.74) is 0.825. The second-order valence-electron chi connectivity index (χ2n) is 1.99. The Labute approximate surface area is 79.7 Å². The number of nitrogens with zero attached hydrogens (tertiary/aromatic N) is 3. The van der Waals surface area contributed by atoms with Crippen molar-refractivity contribution >= 4 is 37.5 Å². The molecule has 0 saturated carbocycles. The smallest absolute Gasteiger partial charge is 0.156 e. The van der Waals surface area contributed by atoms with Crippen molar-refractivity contribution in [1.82, 2.24) is 14.6 Å². The topological polar surface area (TPSA) is 30.2 Å². The van der Waals surface area contributed by atoms with Crippen molar-refractivity contribution in [3.63, 3.8) is 0 Å². The van der Waals surface area contributed by atoms with Gasteiger partial charge in [0.25, 0.3) is 0 Å². The molecule has 0 aliphatic heterocycles.